The Bertz CT molecular complexity index is 554. The van der Waals surface area contributed by atoms with Gasteiger partial charge in [0.05, 0.1) is 11.6 Å². The molecule has 1 aromatic heterocycles. The lowest BCUT2D eigenvalue weighted by molar-refractivity contribution is 0.253. The summed E-state index contributed by atoms with van der Waals surface area (Å²) in [5.74, 6) is 0.439. The third-order valence-corrected chi connectivity index (χ3v) is 3.58. The maximum atomic E-state index is 12.0. The molecule has 7 nitrogen and oxygen atoms in total. The van der Waals surface area contributed by atoms with Crippen LogP contribution >= 0.6 is 0 Å². The van der Waals surface area contributed by atoms with Gasteiger partial charge in [0.1, 0.15) is 18.8 Å². The summed E-state index contributed by atoms with van der Waals surface area (Å²) in [5, 5.41) is 6.97. The van der Waals surface area contributed by atoms with Crippen LogP contribution in [0.25, 0.3) is 0 Å². The van der Waals surface area contributed by atoms with E-state index in [0.29, 0.717) is 23.7 Å². The van der Waals surface area contributed by atoms with E-state index in [-0.39, 0.29) is 18.1 Å². The van der Waals surface area contributed by atoms with Crippen molar-refractivity contribution in [2.45, 2.75) is 25.4 Å². The Morgan fingerprint density at radius 1 is 1.56 bits per heavy atom. The monoisotopic (exact) mass is 250 g/mol. The average Bonchev–Trinajstić information content (AvgIpc) is 2.82. The van der Waals surface area contributed by atoms with Crippen molar-refractivity contribution in [2.24, 2.45) is 12.2 Å². The van der Waals surface area contributed by atoms with Crippen LogP contribution in [0.4, 0.5) is 5.69 Å². The van der Waals surface area contributed by atoms with Crippen LogP contribution in [-0.4, -0.2) is 29.0 Å². The number of aromatic nitrogens is 2. The molecule has 1 saturated heterocycles. The van der Waals surface area contributed by atoms with Crippen LogP contribution in [0.5, 0.6) is 5.88 Å². The standard InChI is InChI=1S/C11H14N4O3/c1-14-11(16)8(5-12-17)9-10(13-14)18-6-7-3-2-4-15(7)9/h7H,2-6H2,1H3. The number of fused-ring (bicyclic) bond motifs is 3. The van der Waals surface area contributed by atoms with E-state index in [9.17, 15) is 9.70 Å². The minimum absolute atomic E-state index is 0.135. The number of ether oxygens (including phenoxy) is 1. The van der Waals surface area contributed by atoms with Crippen LogP contribution in [0.3, 0.4) is 0 Å². The Hall–Kier alpha value is -1.92. The molecule has 0 N–H and O–H groups in total. The predicted octanol–water partition coefficient (Wildman–Crippen LogP) is 0.408. The van der Waals surface area contributed by atoms with Gasteiger partial charge in [-0.15, -0.1) is 5.10 Å². The van der Waals surface area contributed by atoms with Crippen LogP contribution in [0.1, 0.15) is 18.4 Å². The van der Waals surface area contributed by atoms with E-state index in [1.165, 1.54) is 4.68 Å². The molecular formula is C11H14N4O3. The van der Waals surface area contributed by atoms with Gasteiger partial charge >= 0.3 is 0 Å². The lowest BCUT2D eigenvalue weighted by Crippen LogP contribution is -2.41. The normalized spacial score (nSPS) is 21.2. The zero-order valence-electron chi connectivity index (χ0n) is 10.1. The number of anilines is 1. The number of hydrogen-bond donors (Lipinski definition) is 0. The Balaban J connectivity index is 2.20. The molecule has 1 atom stereocenters. The summed E-state index contributed by atoms with van der Waals surface area (Å²) in [6.45, 7) is 1.33. The molecule has 0 spiro atoms. The molecule has 1 aromatic rings. The summed E-state index contributed by atoms with van der Waals surface area (Å²) in [6.07, 6.45) is 2.11. The predicted molar refractivity (Wildman–Crippen MR) is 64.8 cm³/mol. The summed E-state index contributed by atoms with van der Waals surface area (Å²) in [5.41, 5.74) is 0.792. The fraction of sp³-hybridized carbons (Fsp3) is 0.636. The molecule has 0 amide bonds. The first kappa shape index (κ1) is 11.2. The van der Waals surface area contributed by atoms with Crippen molar-refractivity contribution in [1.82, 2.24) is 9.78 Å². The minimum Gasteiger partial charge on any atom is -0.473 e. The number of hydrogen-bond acceptors (Lipinski definition) is 6. The van der Waals surface area contributed by atoms with Crippen molar-refractivity contribution >= 4 is 5.69 Å². The van der Waals surface area contributed by atoms with Crippen molar-refractivity contribution < 1.29 is 4.74 Å². The van der Waals surface area contributed by atoms with Gasteiger partial charge in [0.15, 0.2) is 0 Å². The van der Waals surface area contributed by atoms with Crippen LogP contribution in [0.2, 0.25) is 0 Å². The number of aryl methyl sites for hydroxylation is 1. The van der Waals surface area contributed by atoms with Gasteiger partial charge in [-0.3, -0.25) is 4.79 Å². The first-order valence-corrected chi connectivity index (χ1v) is 6.01. The van der Waals surface area contributed by atoms with Crippen LogP contribution in [0, 0.1) is 4.91 Å². The van der Waals surface area contributed by atoms with Crippen molar-refractivity contribution in [3.05, 3.63) is 20.8 Å². The van der Waals surface area contributed by atoms with E-state index in [4.69, 9.17) is 4.74 Å². The first-order valence-electron chi connectivity index (χ1n) is 6.01. The highest BCUT2D eigenvalue weighted by atomic mass is 16.5. The second-order valence-corrected chi connectivity index (χ2v) is 4.65. The summed E-state index contributed by atoms with van der Waals surface area (Å²) in [6, 6.07) is 0.289. The van der Waals surface area contributed by atoms with E-state index in [0.717, 1.165) is 19.4 Å². The fourth-order valence-electron chi connectivity index (χ4n) is 2.73. The highest BCUT2D eigenvalue weighted by Crippen LogP contribution is 2.37. The second kappa shape index (κ2) is 4.08. The molecule has 18 heavy (non-hydrogen) atoms. The van der Waals surface area contributed by atoms with Crippen LogP contribution in [-0.2, 0) is 13.6 Å². The topological polar surface area (TPSA) is 76.8 Å². The van der Waals surface area contributed by atoms with Gasteiger partial charge in [-0.1, -0.05) is 5.18 Å². The van der Waals surface area contributed by atoms with Gasteiger partial charge in [0.25, 0.3) is 11.4 Å². The van der Waals surface area contributed by atoms with Gasteiger partial charge < -0.3 is 9.64 Å². The highest BCUT2D eigenvalue weighted by Gasteiger charge is 2.35. The molecule has 1 fully saturated rings. The third-order valence-electron chi connectivity index (χ3n) is 3.58. The molecule has 2 aliphatic heterocycles. The molecule has 0 saturated carbocycles. The molecule has 2 aliphatic rings. The highest BCUT2D eigenvalue weighted by molar-refractivity contribution is 5.62. The Morgan fingerprint density at radius 2 is 2.39 bits per heavy atom. The number of nitrogens with zero attached hydrogens (tertiary/aromatic N) is 4. The molecule has 96 valence electrons. The van der Waals surface area contributed by atoms with Gasteiger partial charge in [-0.2, -0.15) is 4.91 Å². The number of nitroso groups, excluding NO2 is 1. The molecule has 0 aliphatic carbocycles. The summed E-state index contributed by atoms with van der Waals surface area (Å²) >= 11 is 0. The minimum atomic E-state index is -0.274. The Kier molecular flexibility index (Phi) is 2.53. The van der Waals surface area contributed by atoms with E-state index >= 15 is 0 Å². The van der Waals surface area contributed by atoms with Gasteiger partial charge in [-0.25, -0.2) is 4.68 Å². The van der Waals surface area contributed by atoms with Crippen molar-refractivity contribution in [3.63, 3.8) is 0 Å². The summed E-state index contributed by atoms with van der Waals surface area (Å²) < 4.78 is 6.81. The molecule has 0 aromatic carbocycles. The van der Waals surface area contributed by atoms with Crippen molar-refractivity contribution in [1.29, 1.82) is 0 Å². The van der Waals surface area contributed by atoms with Crippen LogP contribution < -0.4 is 15.2 Å². The summed E-state index contributed by atoms with van der Waals surface area (Å²) in [7, 11) is 1.55. The van der Waals surface area contributed by atoms with E-state index in [1.54, 1.807) is 7.05 Å². The maximum Gasteiger partial charge on any atom is 0.274 e. The average molecular weight is 250 g/mol. The fourth-order valence-corrected chi connectivity index (χ4v) is 2.73. The summed E-state index contributed by atoms with van der Waals surface area (Å²) in [4.78, 5) is 24.7. The molecule has 1 unspecified atom stereocenters. The Morgan fingerprint density at radius 3 is 3.17 bits per heavy atom. The molecule has 3 rings (SSSR count). The third kappa shape index (κ3) is 1.50. The van der Waals surface area contributed by atoms with Gasteiger partial charge in [0, 0.05) is 13.6 Å². The largest absolute Gasteiger partial charge is 0.473 e. The molecule has 0 bridgehead atoms. The maximum absolute atomic E-state index is 12.0. The van der Waals surface area contributed by atoms with E-state index < -0.39 is 0 Å². The molecular weight excluding hydrogens is 236 g/mol. The van der Waals surface area contributed by atoms with Gasteiger partial charge in [0.2, 0.25) is 0 Å². The van der Waals surface area contributed by atoms with E-state index in [1.807, 2.05) is 0 Å². The zero-order chi connectivity index (χ0) is 12.7. The second-order valence-electron chi connectivity index (χ2n) is 4.65. The molecule has 0 radical (unpaired) electrons. The SMILES string of the molecule is Cn1nc2c(c(CN=O)c1=O)N1CCCC1CO2. The quantitative estimate of drug-likeness (QED) is 0.710. The van der Waals surface area contributed by atoms with Crippen molar-refractivity contribution in [3.8, 4) is 5.88 Å². The lowest BCUT2D eigenvalue weighted by atomic mass is 10.1. The lowest BCUT2D eigenvalue weighted by Gasteiger charge is -2.33. The van der Waals surface area contributed by atoms with Crippen molar-refractivity contribution in [2.75, 3.05) is 18.1 Å². The van der Waals surface area contributed by atoms with Gasteiger partial charge in [-0.05, 0) is 12.8 Å². The van der Waals surface area contributed by atoms with Crippen LogP contribution in [0.15, 0.2) is 9.97 Å². The van der Waals surface area contributed by atoms with E-state index in [2.05, 4.69) is 15.2 Å². The first-order chi connectivity index (χ1) is 8.72. The number of rotatable bonds is 2. The molecule has 7 heteroatoms. The smallest absolute Gasteiger partial charge is 0.274 e. The zero-order valence-corrected chi connectivity index (χ0v) is 10.1. The Labute approximate surface area is 103 Å². The molecule has 3 heterocycles.